The molecule has 0 aliphatic heterocycles. The highest BCUT2D eigenvalue weighted by Crippen LogP contribution is 2.61. The Morgan fingerprint density at radius 3 is 2.26 bits per heavy atom. The Balaban J connectivity index is 1.25. The number of benzene rings is 3. The van der Waals surface area contributed by atoms with E-state index in [0.717, 1.165) is 64.0 Å². The Bertz CT molecular complexity index is 1690. The monoisotopic (exact) mass is 621 g/mol. The number of amides is 1. The number of hydrogen-bond donors (Lipinski definition) is 2. The number of nitrogens with zero attached hydrogens (tertiary/aromatic N) is 3. The number of imidazole rings is 1. The quantitative estimate of drug-likeness (QED) is 0.170. The number of nitrogens with two attached hydrogens (primary N) is 1. The Morgan fingerprint density at radius 1 is 0.978 bits per heavy atom. The zero-order valence-corrected chi connectivity index (χ0v) is 26.1. The largest absolute Gasteiger partial charge is 0.370 e. The summed E-state index contributed by atoms with van der Waals surface area (Å²) in [6.07, 6.45) is 8.10. The van der Waals surface area contributed by atoms with E-state index in [-0.39, 0.29) is 13.0 Å². The molecule has 0 saturated heterocycles. The number of aromatic nitrogens is 2. The highest BCUT2D eigenvalue weighted by atomic mass is 19.2. The van der Waals surface area contributed by atoms with Crippen molar-refractivity contribution in [1.82, 2.24) is 14.9 Å². The molecular formula is C38H41F2N5O. The smallest absolute Gasteiger partial charge is 0.219 e. The highest BCUT2D eigenvalue weighted by molar-refractivity contribution is 5.82. The van der Waals surface area contributed by atoms with Gasteiger partial charge in [0, 0.05) is 49.9 Å². The number of hydrogen-bond acceptors (Lipinski definition) is 4. The van der Waals surface area contributed by atoms with E-state index in [2.05, 4.69) is 54.1 Å². The lowest BCUT2D eigenvalue weighted by Crippen LogP contribution is -2.47. The third-order valence-electron chi connectivity index (χ3n) is 10.6. The summed E-state index contributed by atoms with van der Waals surface area (Å²) in [4.78, 5) is 19.2. The van der Waals surface area contributed by atoms with E-state index in [1.165, 1.54) is 50.7 Å². The number of rotatable bonds is 12. The third kappa shape index (κ3) is 6.04. The summed E-state index contributed by atoms with van der Waals surface area (Å²) in [6.45, 7) is 12.4. The first kappa shape index (κ1) is 30.9. The van der Waals surface area contributed by atoms with Gasteiger partial charge in [-0.25, -0.2) is 13.8 Å². The van der Waals surface area contributed by atoms with E-state index in [4.69, 9.17) is 10.7 Å². The van der Waals surface area contributed by atoms with Crippen LogP contribution in [0.3, 0.4) is 0 Å². The van der Waals surface area contributed by atoms with E-state index >= 15 is 0 Å². The van der Waals surface area contributed by atoms with Crippen molar-refractivity contribution in [2.24, 2.45) is 28.9 Å². The van der Waals surface area contributed by atoms with Crippen LogP contribution in [0.1, 0.15) is 62.1 Å². The van der Waals surface area contributed by atoms with Gasteiger partial charge in [-0.3, -0.25) is 4.79 Å². The maximum Gasteiger partial charge on any atom is 0.219 e. The molecule has 3 aromatic carbocycles. The van der Waals surface area contributed by atoms with Gasteiger partial charge in [0.1, 0.15) is 5.82 Å². The first-order valence-corrected chi connectivity index (χ1v) is 16.3. The lowest BCUT2D eigenvalue weighted by atomic mass is 9.49. The molecule has 8 rings (SSSR count). The molecule has 1 unspecified atom stereocenters. The molecule has 4 saturated carbocycles. The summed E-state index contributed by atoms with van der Waals surface area (Å²) >= 11 is 0. The van der Waals surface area contributed by atoms with Crippen molar-refractivity contribution in [2.75, 3.05) is 4.90 Å². The van der Waals surface area contributed by atoms with Crippen LogP contribution in [0.25, 0.3) is 22.4 Å². The minimum Gasteiger partial charge on any atom is -0.370 e. The summed E-state index contributed by atoms with van der Waals surface area (Å²) in [5, 5.41) is 3.33. The fraction of sp³-hybridized carbons (Fsp3) is 0.368. The molecule has 1 heterocycles. The number of primary amides is 1. The minimum atomic E-state index is -0.904. The Hall–Kier alpha value is -3.78. The maximum absolute atomic E-state index is 13.9. The summed E-state index contributed by atoms with van der Waals surface area (Å²) < 4.78 is 29.8. The van der Waals surface area contributed by atoms with E-state index in [9.17, 15) is 13.6 Å². The average molecular weight is 622 g/mol. The van der Waals surface area contributed by atoms with Gasteiger partial charge in [-0.1, -0.05) is 12.1 Å². The molecule has 1 amide bonds. The predicted octanol–water partition coefficient (Wildman–Crippen LogP) is 7.70. The number of anilines is 1. The number of fused-ring (bicyclic) bond motifs is 1. The van der Waals surface area contributed by atoms with Gasteiger partial charge in [-0.2, -0.15) is 0 Å². The van der Waals surface area contributed by atoms with Gasteiger partial charge in [0.25, 0.3) is 0 Å². The number of halogens is 2. The summed E-state index contributed by atoms with van der Waals surface area (Å²) in [5.41, 5.74) is 11.3. The van der Waals surface area contributed by atoms with Gasteiger partial charge >= 0.3 is 0 Å². The van der Waals surface area contributed by atoms with Crippen LogP contribution < -0.4 is 16.0 Å². The van der Waals surface area contributed by atoms with Crippen molar-refractivity contribution >= 4 is 22.6 Å². The molecule has 4 fully saturated rings. The van der Waals surface area contributed by atoms with Gasteiger partial charge in [0.05, 0.1) is 11.0 Å². The molecule has 4 aromatic rings. The predicted molar refractivity (Wildman–Crippen MR) is 177 cm³/mol. The molecule has 46 heavy (non-hydrogen) atoms. The van der Waals surface area contributed by atoms with Crippen LogP contribution in [0, 0.1) is 61.7 Å². The van der Waals surface area contributed by atoms with Gasteiger partial charge < -0.3 is 20.5 Å². The van der Waals surface area contributed by atoms with Crippen LogP contribution in [0.4, 0.5) is 14.5 Å². The summed E-state index contributed by atoms with van der Waals surface area (Å²) in [5.74, 6) is 1.21. The standard InChI is InChI=1S/C38H41F2N5O/c1-3-44(4-2)30-9-6-28(7-10-30)37-43-34-17-29(33(18-36(41)46)42-22-24-5-11-31(39)32(40)16-24)8-12-35(34)45(37)23-38-19-25-13-26(20-38)15-27(14-25)21-38/h3-12,16-17,25-27,33,42H,1-2,13-15,18-23H2,(H2,41,46). The second-order valence-electron chi connectivity index (χ2n) is 13.9. The van der Waals surface area contributed by atoms with Crippen LogP contribution in [0.5, 0.6) is 0 Å². The topological polar surface area (TPSA) is 76.2 Å². The number of nitrogens with one attached hydrogen (secondary N) is 1. The van der Waals surface area contributed by atoms with Crippen LogP contribution in [-0.4, -0.2) is 15.5 Å². The van der Waals surface area contributed by atoms with Crippen LogP contribution in [0.15, 0.2) is 60.7 Å². The van der Waals surface area contributed by atoms with Gasteiger partial charge in [-0.05, 0) is 135 Å². The highest BCUT2D eigenvalue weighted by Gasteiger charge is 2.51. The van der Waals surface area contributed by atoms with E-state index in [1.54, 1.807) is 13.1 Å². The van der Waals surface area contributed by atoms with Crippen molar-refractivity contribution in [3.63, 3.8) is 0 Å². The molecule has 238 valence electrons. The Kier molecular flexibility index (Phi) is 8.34. The van der Waals surface area contributed by atoms with Crippen molar-refractivity contribution in [1.29, 1.82) is 0 Å². The molecule has 4 aliphatic carbocycles. The van der Waals surface area contributed by atoms with Crippen molar-refractivity contribution in [3.8, 4) is 11.4 Å². The van der Waals surface area contributed by atoms with E-state index in [1.807, 2.05) is 17.0 Å². The van der Waals surface area contributed by atoms with Crippen molar-refractivity contribution in [2.45, 2.75) is 64.1 Å². The molecule has 4 bridgehead atoms. The Labute approximate surface area is 270 Å². The minimum absolute atomic E-state index is 0.0561. The van der Waals surface area contributed by atoms with E-state index in [0.29, 0.717) is 11.0 Å². The van der Waals surface area contributed by atoms with E-state index < -0.39 is 23.6 Å². The molecule has 8 heteroatoms. The van der Waals surface area contributed by atoms with Crippen LogP contribution >= 0.6 is 0 Å². The molecule has 4 aliphatic rings. The summed E-state index contributed by atoms with van der Waals surface area (Å²) in [7, 11) is 0. The molecule has 1 atom stereocenters. The molecule has 6 nitrogen and oxygen atoms in total. The number of carbonyl (C=O) groups excluding carboxylic acids is 1. The second kappa shape index (κ2) is 12.4. The average Bonchev–Trinajstić information content (AvgIpc) is 3.37. The first-order chi connectivity index (χ1) is 22.2. The zero-order chi connectivity index (χ0) is 32.0. The van der Waals surface area contributed by atoms with Gasteiger partial charge in [-0.15, -0.1) is 0 Å². The van der Waals surface area contributed by atoms with Gasteiger partial charge in [0.2, 0.25) is 5.91 Å². The zero-order valence-electron chi connectivity index (χ0n) is 26.1. The normalized spacial score (nSPS) is 24.0. The third-order valence-corrected chi connectivity index (χ3v) is 10.6. The van der Waals surface area contributed by atoms with Crippen LogP contribution in [-0.2, 0) is 17.9 Å². The molecule has 0 spiro atoms. The molecule has 4 radical (unpaired) electrons. The lowest BCUT2D eigenvalue weighted by molar-refractivity contribution is -0.118. The van der Waals surface area contributed by atoms with Crippen molar-refractivity contribution < 1.29 is 13.6 Å². The number of carbonyl (C=O) groups is 1. The SMILES string of the molecule is [CH2][CH]N([CH][CH2])c1ccc(-c2nc3cc(C(CC(N)=O)NCc4ccc(F)c(F)c4)ccc3n2CC23CC4CC(CC(C4)C2)C3)cc1. The first-order valence-electron chi connectivity index (χ1n) is 16.3. The Morgan fingerprint density at radius 2 is 1.65 bits per heavy atom. The maximum atomic E-state index is 13.9. The molecular weight excluding hydrogens is 580 g/mol. The second-order valence-corrected chi connectivity index (χ2v) is 13.9. The lowest BCUT2D eigenvalue weighted by Gasteiger charge is -2.57. The molecule has 3 N–H and O–H groups in total. The fourth-order valence-corrected chi connectivity index (χ4v) is 9.03. The molecule has 1 aromatic heterocycles. The van der Waals surface area contributed by atoms with Crippen molar-refractivity contribution in [3.05, 3.63) is 110 Å². The summed E-state index contributed by atoms with van der Waals surface area (Å²) in [6, 6.07) is 17.9. The fourth-order valence-electron chi connectivity index (χ4n) is 9.03. The van der Waals surface area contributed by atoms with Gasteiger partial charge in [0.15, 0.2) is 11.6 Å². The van der Waals surface area contributed by atoms with Crippen LogP contribution in [0.2, 0.25) is 0 Å².